The Balaban J connectivity index is 1.58. The minimum Gasteiger partial charge on any atom is -0.428 e. The van der Waals surface area contributed by atoms with Crippen molar-refractivity contribution in [1.29, 1.82) is 0 Å². The van der Waals surface area contributed by atoms with Crippen molar-refractivity contribution in [3.63, 3.8) is 0 Å². The molecule has 0 N–H and O–H groups in total. The van der Waals surface area contributed by atoms with E-state index < -0.39 is 8.31 Å². The second kappa shape index (κ2) is 7.22. The molecule has 1 unspecified atom stereocenters. The van der Waals surface area contributed by atoms with E-state index in [1.54, 1.807) is 5.56 Å². The molecule has 5 aromatic rings. The van der Waals surface area contributed by atoms with E-state index in [1.165, 1.54) is 55.2 Å². The third-order valence-corrected chi connectivity index (χ3v) is 25.9. The molecule has 6 rings (SSSR count). The van der Waals surface area contributed by atoms with Gasteiger partial charge in [0.2, 0.25) is 0 Å². The molecule has 5 aromatic carbocycles. The Labute approximate surface area is 176 Å². The van der Waals surface area contributed by atoms with E-state index in [2.05, 4.69) is 78.9 Å². The lowest BCUT2D eigenvalue weighted by molar-refractivity contribution is 0.366. The van der Waals surface area contributed by atoms with Gasteiger partial charge in [0, 0.05) is 23.5 Å². The molecule has 1 saturated heterocycles. The maximum atomic E-state index is 5.80. The van der Waals surface area contributed by atoms with Crippen LogP contribution in [0.1, 0.15) is 5.56 Å². The third kappa shape index (κ3) is 3.16. The van der Waals surface area contributed by atoms with Gasteiger partial charge in [-0.1, -0.05) is 54.6 Å². The fraction of sp³-hybridized carbons (Fsp3) is 0.120. The first-order valence-electron chi connectivity index (χ1n) is 10.7. The van der Waals surface area contributed by atoms with Crippen LogP contribution >= 0.6 is 0 Å². The Morgan fingerprint density at radius 3 is 2.17 bits per heavy atom. The molecule has 0 bridgehead atoms. The SMILES string of the molecule is c1ccc2cc3c(ccc4cc5cccc(C[SiH]6CCO[SiH2][SiH2]6)c5cc43)cc2c1. The molecule has 4 heteroatoms. The zero-order valence-corrected chi connectivity index (χ0v) is 20.5. The molecule has 0 spiro atoms. The van der Waals surface area contributed by atoms with Gasteiger partial charge < -0.3 is 4.43 Å². The third-order valence-electron chi connectivity index (χ3n) is 6.64. The number of fused-ring (bicyclic) bond motifs is 5. The van der Waals surface area contributed by atoms with Crippen LogP contribution in [0.4, 0.5) is 0 Å². The van der Waals surface area contributed by atoms with Gasteiger partial charge >= 0.3 is 0 Å². The second-order valence-corrected chi connectivity index (χ2v) is 24.2. The van der Waals surface area contributed by atoms with Gasteiger partial charge in [-0.25, -0.2) is 0 Å². The van der Waals surface area contributed by atoms with Crippen LogP contribution in [0.25, 0.3) is 43.1 Å². The monoisotopic (exact) mass is 424 g/mol. The largest absolute Gasteiger partial charge is 0.428 e. The summed E-state index contributed by atoms with van der Waals surface area (Å²) >= 11 is 0. The molecule has 0 aromatic heterocycles. The zero-order valence-electron chi connectivity index (χ0n) is 16.5. The van der Waals surface area contributed by atoms with Crippen LogP contribution in [0, 0.1) is 0 Å². The summed E-state index contributed by atoms with van der Waals surface area (Å²) in [6.45, 7) is 1.07. The minimum absolute atomic E-state index is 0.0873. The molecule has 142 valence electrons. The maximum absolute atomic E-state index is 5.80. The van der Waals surface area contributed by atoms with Gasteiger partial charge in [0.15, 0.2) is 0 Å². The Kier molecular flexibility index (Phi) is 4.38. The number of rotatable bonds is 2. The van der Waals surface area contributed by atoms with E-state index in [0.29, 0.717) is 0 Å². The average molecular weight is 425 g/mol. The van der Waals surface area contributed by atoms with Gasteiger partial charge in [-0.3, -0.25) is 0 Å². The van der Waals surface area contributed by atoms with Gasteiger partial charge in [0.1, 0.15) is 9.28 Å². The molecule has 0 saturated carbocycles. The highest BCUT2D eigenvalue weighted by molar-refractivity contribution is 7.34. The Morgan fingerprint density at radius 1 is 0.690 bits per heavy atom. The summed E-state index contributed by atoms with van der Waals surface area (Å²) < 4.78 is 5.80. The number of benzene rings is 5. The average Bonchev–Trinajstić information content (AvgIpc) is 2.77. The molecule has 0 aliphatic carbocycles. The predicted molar refractivity (Wildman–Crippen MR) is 135 cm³/mol. The molecule has 1 heterocycles. The predicted octanol–water partition coefficient (Wildman–Crippen LogP) is 4.30. The normalized spacial score (nSPS) is 19.1. The van der Waals surface area contributed by atoms with E-state index in [-0.39, 0.29) is 17.8 Å². The van der Waals surface area contributed by atoms with Crippen LogP contribution in [0.3, 0.4) is 0 Å². The van der Waals surface area contributed by atoms with Crippen molar-refractivity contribution < 1.29 is 4.43 Å². The summed E-state index contributed by atoms with van der Waals surface area (Å²) in [5.74, 6) is 0. The van der Waals surface area contributed by atoms with E-state index in [9.17, 15) is 0 Å². The van der Waals surface area contributed by atoms with Crippen molar-refractivity contribution in [2.24, 2.45) is 0 Å². The number of hydrogen-bond acceptors (Lipinski definition) is 1. The first kappa shape index (κ1) is 17.6. The van der Waals surface area contributed by atoms with Crippen molar-refractivity contribution in [3.8, 4) is 0 Å². The molecule has 1 aliphatic heterocycles. The topological polar surface area (TPSA) is 9.23 Å². The van der Waals surface area contributed by atoms with Gasteiger partial charge in [-0.15, -0.1) is 0 Å². The molecular weight excluding hydrogens is 401 g/mol. The Hall–Kier alpha value is -2.25. The fourth-order valence-electron chi connectivity index (χ4n) is 5.03. The van der Waals surface area contributed by atoms with Crippen molar-refractivity contribution in [2.45, 2.75) is 12.1 Å². The maximum Gasteiger partial charge on any atom is 0.140 e. The summed E-state index contributed by atoms with van der Waals surface area (Å²) in [6.07, 6.45) is 0. The lowest BCUT2D eigenvalue weighted by atomic mass is 9.95. The van der Waals surface area contributed by atoms with Crippen LogP contribution in [-0.2, 0) is 10.5 Å². The summed E-state index contributed by atoms with van der Waals surface area (Å²) in [5, 5.41) is 11.0. The molecule has 1 aliphatic rings. The standard InChI is InChI=1S/C25H24OSi3/c1-2-5-18-14-24-20(12-17(18)4-1)8-9-21-13-19-6-3-7-22(23(19)15-25(21)24)16-29-11-10-26-27-28-29/h1-9,12-15,29H,10-11,16,27-28H2. The van der Waals surface area contributed by atoms with Crippen molar-refractivity contribution in [1.82, 2.24) is 0 Å². The molecule has 1 atom stereocenters. The van der Waals surface area contributed by atoms with E-state index >= 15 is 0 Å². The highest BCUT2D eigenvalue weighted by Gasteiger charge is 2.18. The molecule has 29 heavy (non-hydrogen) atoms. The quantitative estimate of drug-likeness (QED) is 0.233. The van der Waals surface area contributed by atoms with Crippen LogP contribution in [0.2, 0.25) is 6.04 Å². The minimum atomic E-state index is -0.530. The van der Waals surface area contributed by atoms with Gasteiger partial charge in [0.05, 0.1) is 0 Å². The number of hydrogen-bond donors (Lipinski definition) is 0. The summed E-state index contributed by atoms with van der Waals surface area (Å²) in [5.41, 5.74) is 1.60. The molecule has 0 radical (unpaired) electrons. The lowest BCUT2D eigenvalue weighted by Gasteiger charge is -2.21. The summed E-state index contributed by atoms with van der Waals surface area (Å²) in [4.78, 5) is 0. The van der Waals surface area contributed by atoms with Crippen LogP contribution in [0.5, 0.6) is 0 Å². The van der Waals surface area contributed by atoms with Crippen LogP contribution < -0.4 is 0 Å². The second-order valence-electron chi connectivity index (χ2n) is 8.46. The highest BCUT2D eigenvalue weighted by Crippen LogP contribution is 2.33. The van der Waals surface area contributed by atoms with Gasteiger partial charge in [-0.05, 0) is 85.0 Å². The zero-order chi connectivity index (χ0) is 19.2. The molecule has 1 nitrogen and oxygen atoms in total. The van der Waals surface area contributed by atoms with Crippen molar-refractivity contribution in [2.75, 3.05) is 6.61 Å². The highest BCUT2D eigenvalue weighted by atomic mass is 29.5. The molecular formula is C25H24OSi3. The Morgan fingerprint density at radius 2 is 1.38 bits per heavy atom. The van der Waals surface area contributed by atoms with E-state index in [1.807, 2.05) is 0 Å². The van der Waals surface area contributed by atoms with Gasteiger partial charge in [0.25, 0.3) is 0 Å². The molecule has 1 fully saturated rings. The van der Waals surface area contributed by atoms with Crippen LogP contribution in [0.15, 0.2) is 78.9 Å². The first-order valence-corrected chi connectivity index (χ1v) is 20.2. The summed E-state index contributed by atoms with van der Waals surface area (Å²) in [6, 6.07) is 32.7. The fourth-order valence-corrected chi connectivity index (χ4v) is 22.4. The smallest absolute Gasteiger partial charge is 0.140 e. The Bertz CT molecular complexity index is 1370. The van der Waals surface area contributed by atoms with Gasteiger partial charge in [-0.2, -0.15) is 0 Å². The van der Waals surface area contributed by atoms with Crippen molar-refractivity contribution >= 4 is 69.2 Å². The molecule has 0 amide bonds. The summed E-state index contributed by atoms with van der Waals surface area (Å²) in [7, 11) is -0.447. The van der Waals surface area contributed by atoms with Crippen LogP contribution in [-0.4, -0.2) is 32.8 Å². The van der Waals surface area contributed by atoms with E-state index in [0.717, 1.165) is 6.61 Å². The lowest BCUT2D eigenvalue weighted by Crippen LogP contribution is -2.37. The van der Waals surface area contributed by atoms with E-state index in [4.69, 9.17) is 4.43 Å². The first-order chi connectivity index (χ1) is 14.3. The van der Waals surface area contributed by atoms with Crippen molar-refractivity contribution in [3.05, 3.63) is 84.4 Å².